The summed E-state index contributed by atoms with van der Waals surface area (Å²) in [6.45, 7) is 1.91. The van der Waals surface area contributed by atoms with Gasteiger partial charge in [-0.2, -0.15) is 5.10 Å². The third-order valence-corrected chi connectivity index (χ3v) is 4.40. The highest BCUT2D eigenvalue weighted by Crippen LogP contribution is 2.35. The van der Waals surface area contributed by atoms with E-state index in [9.17, 15) is 4.79 Å². The number of ether oxygens (including phenoxy) is 3. The molecule has 0 spiro atoms. The lowest BCUT2D eigenvalue weighted by Gasteiger charge is -2.22. The molecule has 0 aliphatic heterocycles. The van der Waals surface area contributed by atoms with Crippen LogP contribution in [0.15, 0.2) is 42.5 Å². The van der Waals surface area contributed by atoms with Crippen LogP contribution in [-0.2, 0) is 14.3 Å². The quantitative estimate of drug-likeness (QED) is 0.457. The fraction of sp³-hybridized carbons (Fsp3) is 0.368. The minimum Gasteiger partial charge on any atom is -0.500 e. The monoisotopic (exact) mass is 342 g/mol. The minimum atomic E-state index is -0.599. The van der Waals surface area contributed by atoms with E-state index in [4.69, 9.17) is 14.2 Å². The molecule has 6 nitrogen and oxygen atoms in total. The Morgan fingerprint density at radius 2 is 2.08 bits per heavy atom. The molecule has 25 heavy (non-hydrogen) atoms. The Hall–Kier alpha value is -2.76. The van der Waals surface area contributed by atoms with Gasteiger partial charge < -0.3 is 14.2 Å². The van der Waals surface area contributed by atoms with E-state index < -0.39 is 5.97 Å². The van der Waals surface area contributed by atoms with Crippen molar-refractivity contribution in [1.29, 1.82) is 0 Å². The first kappa shape index (κ1) is 17.1. The van der Waals surface area contributed by atoms with Crippen LogP contribution in [0.3, 0.4) is 0 Å². The first-order valence-corrected chi connectivity index (χ1v) is 8.28. The summed E-state index contributed by atoms with van der Waals surface area (Å²) in [6.07, 6.45) is 6.88. The molecule has 1 aliphatic rings. The summed E-state index contributed by atoms with van der Waals surface area (Å²) in [5, 5.41) is 4.67. The van der Waals surface area contributed by atoms with Gasteiger partial charge in [-0.05, 0) is 37.5 Å². The molecular weight excluding hydrogens is 320 g/mol. The maximum Gasteiger partial charge on any atom is 0.377 e. The SMILES string of the molecule is CO/C=C(\Oc1cc(-n2ccc(C3CCC3)n2)ccc1C)C(=O)OC. The normalized spacial score (nSPS) is 14.8. The molecule has 1 aromatic carbocycles. The lowest BCUT2D eigenvalue weighted by molar-refractivity contribution is -0.138. The second kappa shape index (κ2) is 7.42. The molecule has 1 heterocycles. The van der Waals surface area contributed by atoms with Gasteiger partial charge in [-0.3, -0.25) is 0 Å². The third-order valence-electron chi connectivity index (χ3n) is 4.40. The fourth-order valence-corrected chi connectivity index (χ4v) is 2.68. The van der Waals surface area contributed by atoms with Gasteiger partial charge in [-0.15, -0.1) is 0 Å². The summed E-state index contributed by atoms with van der Waals surface area (Å²) in [5.41, 5.74) is 2.89. The molecular formula is C19H22N2O4. The molecule has 0 bridgehead atoms. The largest absolute Gasteiger partial charge is 0.500 e. The van der Waals surface area contributed by atoms with Crippen LogP contribution in [0.5, 0.6) is 5.75 Å². The zero-order chi connectivity index (χ0) is 17.8. The average Bonchev–Trinajstić information content (AvgIpc) is 3.03. The molecule has 0 amide bonds. The van der Waals surface area contributed by atoms with E-state index in [0.717, 1.165) is 16.9 Å². The van der Waals surface area contributed by atoms with Crippen molar-refractivity contribution >= 4 is 5.97 Å². The molecule has 0 unspecified atom stereocenters. The Morgan fingerprint density at radius 1 is 1.28 bits per heavy atom. The van der Waals surface area contributed by atoms with E-state index in [2.05, 4.69) is 11.2 Å². The van der Waals surface area contributed by atoms with Gasteiger partial charge in [0, 0.05) is 18.2 Å². The lowest BCUT2D eigenvalue weighted by Crippen LogP contribution is -2.12. The van der Waals surface area contributed by atoms with Crippen LogP contribution in [0.4, 0.5) is 0 Å². The second-order valence-corrected chi connectivity index (χ2v) is 6.07. The average molecular weight is 342 g/mol. The van der Waals surface area contributed by atoms with Crippen molar-refractivity contribution in [1.82, 2.24) is 9.78 Å². The van der Waals surface area contributed by atoms with Crippen molar-refractivity contribution in [3.8, 4) is 11.4 Å². The Kier molecular flexibility index (Phi) is 5.07. The fourth-order valence-electron chi connectivity index (χ4n) is 2.68. The predicted molar refractivity (Wildman–Crippen MR) is 92.6 cm³/mol. The van der Waals surface area contributed by atoms with Gasteiger partial charge in [-0.25, -0.2) is 9.48 Å². The molecule has 2 aromatic rings. The van der Waals surface area contributed by atoms with Gasteiger partial charge in [0.2, 0.25) is 5.76 Å². The number of carbonyl (C=O) groups is 1. The molecule has 1 fully saturated rings. The van der Waals surface area contributed by atoms with Gasteiger partial charge in [0.05, 0.1) is 25.6 Å². The molecule has 1 aromatic heterocycles. The molecule has 6 heteroatoms. The Morgan fingerprint density at radius 3 is 2.72 bits per heavy atom. The van der Waals surface area contributed by atoms with Crippen molar-refractivity contribution in [3.05, 3.63) is 53.7 Å². The van der Waals surface area contributed by atoms with E-state index in [1.165, 1.54) is 39.7 Å². The molecule has 0 atom stereocenters. The van der Waals surface area contributed by atoms with Crippen LogP contribution in [-0.4, -0.2) is 30.0 Å². The summed E-state index contributed by atoms with van der Waals surface area (Å²) in [6, 6.07) is 7.81. The van der Waals surface area contributed by atoms with Crippen LogP contribution >= 0.6 is 0 Å². The van der Waals surface area contributed by atoms with Gasteiger partial charge >= 0.3 is 5.97 Å². The smallest absolute Gasteiger partial charge is 0.377 e. The number of hydrogen-bond acceptors (Lipinski definition) is 5. The molecule has 1 aliphatic carbocycles. The number of hydrogen-bond donors (Lipinski definition) is 0. The maximum absolute atomic E-state index is 11.8. The first-order valence-electron chi connectivity index (χ1n) is 8.28. The van der Waals surface area contributed by atoms with Gasteiger partial charge in [-0.1, -0.05) is 12.5 Å². The number of benzene rings is 1. The van der Waals surface area contributed by atoms with Crippen molar-refractivity contribution in [2.45, 2.75) is 32.1 Å². The van der Waals surface area contributed by atoms with Gasteiger partial charge in [0.1, 0.15) is 12.0 Å². The summed E-state index contributed by atoms with van der Waals surface area (Å²) in [7, 11) is 2.74. The highest BCUT2D eigenvalue weighted by molar-refractivity contribution is 5.86. The molecule has 0 saturated heterocycles. The van der Waals surface area contributed by atoms with E-state index in [1.54, 1.807) is 0 Å². The van der Waals surface area contributed by atoms with Crippen LogP contribution in [0.1, 0.15) is 36.4 Å². The Bertz CT molecular complexity index is 790. The number of aryl methyl sites for hydroxylation is 1. The number of rotatable bonds is 6. The van der Waals surface area contributed by atoms with Crippen molar-refractivity contribution in [3.63, 3.8) is 0 Å². The van der Waals surface area contributed by atoms with E-state index >= 15 is 0 Å². The number of methoxy groups -OCH3 is 2. The topological polar surface area (TPSA) is 62.6 Å². The van der Waals surface area contributed by atoms with E-state index in [-0.39, 0.29) is 5.76 Å². The maximum atomic E-state index is 11.8. The first-order chi connectivity index (χ1) is 12.1. The molecule has 3 rings (SSSR count). The molecule has 0 N–H and O–H groups in total. The van der Waals surface area contributed by atoms with Gasteiger partial charge in [0.15, 0.2) is 0 Å². The number of aromatic nitrogens is 2. The highest BCUT2D eigenvalue weighted by atomic mass is 16.6. The highest BCUT2D eigenvalue weighted by Gasteiger charge is 2.22. The lowest BCUT2D eigenvalue weighted by atomic mass is 9.83. The summed E-state index contributed by atoms with van der Waals surface area (Å²) in [4.78, 5) is 11.8. The van der Waals surface area contributed by atoms with Crippen molar-refractivity contribution in [2.24, 2.45) is 0 Å². The van der Waals surface area contributed by atoms with Crippen LogP contribution in [0.25, 0.3) is 5.69 Å². The summed E-state index contributed by atoms with van der Waals surface area (Å²) < 4.78 is 17.1. The van der Waals surface area contributed by atoms with Crippen LogP contribution in [0, 0.1) is 6.92 Å². The van der Waals surface area contributed by atoms with Crippen molar-refractivity contribution < 1.29 is 19.0 Å². The second-order valence-electron chi connectivity index (χ2n) is 6.07. The molecule has 0 radical (unpaired) electrons. The Balaban J connectivity index is 1.86. The van der Waals surface area contributed by atoms with Crippen LogP contribution < -0.4 is 4.74 Å². The number of esters is 1. The Labute approximate surface area is 147 Å². The number of carbonyl (C=O) groups excluding carboxylic acids is 1. The van der Waals surface area contributed by atoms with Gasteiger partial charge in [0.25, 0.3) is 0 Å². The van der Waals surface area contributed by atoms with E-state index in [0.29, 0.717) is 11.7 Å². The van der Waals surface area contributed by atoms with Crippen LogP contribution in [0.2, 0.25) is 0 Å². The molecule has 1 saturated carbocycles. The zero-order valence-corrected chi connectivity index (χ0v) is 14.7. The standard InChI is InChI=1S/C19H22N2O4/c1-13-7-8-15(21-10-9-16(20-21)14-5-4-6-14)11-17(13)25-18(12-23-2)19(22)24-3/h7-12,14H,4-6H2,1-3H3/b18-12-. The summed E-state index contributed by atoms with van der Waals surface area (Å²) in [5.74, 6) is 0.517. The number of nitrogens with zero attached hydrogens (tertiary/aromatic N) is 2. The third kappa shape index (κ3) is 3.68. The minimum absolute atomic E-state index is 0.0131. The summed E-state index contributed by atoms with van der Waals surface area (Å²) >= 11 is 0. The molecule has 132 valence electrons. The van der Waals surface area contributed by atoms with Crippen molar-refractivity contribution in [2.75, 3.05) is 14.2 Å². The van der Waals surface area contributed by atoms with E-state index in [1.807, 2.05) is 36.0 Å². The predicted octanol–water partition coefficient (Wildman–Crippen LogP) is 3.49. The zero-order valence-electron chi connectivity index (χ0n) is 14.7.